The molecular weight excluding hydrogens is 166 g/mol. The molecule has 3 heteroatoms. The number of rotatable bonds is 1. The van der Waals surface area contributed by atoms with Crippen molar-refractivity contribution in [2.24, 2.45) is 0 Å². The SMILES string of the molecule is CP(C)c1ccsc1P. The zero-order chi connectivity index (χ0) is 6.85. The fourth-order valence-electron chi connectivity index (χ4n) is 0.684. The summed E-state index contributed by atoms with van der Waals surface area (Å²) >= 11 is 1.81. The Morgan fingerprint density at radius 2 is 2.22 bits per heavy atom. The van der Waals surface area contributed by atoms with Gasteiger partial charge in [-0.1, -0.05) is 17.2 Å². The Hall–Kier alpha value is 0.560. The quantitative estimate of drug-likeness (QED) is 0.570. The molecule has 1 aromatic rings. The molecule has 9 heavy (non-hydrogen) atoms. The van der Waals surface area contributed by atoms with E-state index in [2.05, 4.69) is 34.0 Å². The maximum Gasteiger partial charge on any atom is 0.0292 e. The van der Waals surface area contributed by atoms with Gasteiger partial charge in [0.1, 0.15) is 0 Å². The predicted molar refractivity (Wildman–Crippen MR) is 52.1 cm³/mol. The molecule has 0 N–H and O–H groups in total. The van der Waals surface area contributed by atoms with E-state index in [0.717, 1.165) is 0 Å². The van der Waals surface area contributed by atoms with E-state index in [1.54, 1.807) is 0 Å². The van der Waals surface area contributed by atoms with Gasteiger partial charge >= 0.3 is 0 Å². The molecule has 0 fully saturated rings. The summed E-state index contributed by atoms with van der Waals surface area (Å²) in [5.41, 5.74) is 0. The molecule has 0 bridgehead atoms. The van der Waals surface area contributed by atoms with Crippen molar-refractivity contribution in [2.45, 2.75) is 0 Å². The monoisotopic (exact) mass is 176 g/mol. The van der Waals surface area contributed by atoms with Crippen molar-refractivity contribution < 1.29 is 0 Å². The second kappa shape index (κ2) is 3.10. The van der Waals surface area contributed by atoms with Crippen LogP contribution in [0.5, 0.6) is 0 Å². The van der Waals surface area contributed by atoms with Crippen LogP contribution in [0.1, 0.15) is 0 Å². The lowest BCUT2D eigenvalue weighted by atomic mass is 10.7. The van der Waals surface area contributed by atoms with Gasteiger partial charge in [0.25, 0.3) is 0 Å². The standard InChI is InChI=1S/C6H10P2S/c1-8(2)5-3-4-9-6(5)7/h3-4H,7H2,1-2H3. The number of hydrogen-bond donors (Lipinski definition) is 0. The molecule has 0 spiro atoms. The highest BCUT2D eigenvalue weighted by Crippen LogP contribution is 2.24. The minimum Gasteiger partial charge on any atom is -0.144 e. The summed E-state index contributed by atoms with van der Waals surface area (Å²) in [5, 5.41) is 3.68. The fourth-order valence-corrected chi connectivity index (χ4v) is 3.95. The van der Waals surface area contributed by atoms with Crippen LogP contribution < -0.4 is 9.92 Å². The Balaban J connectivity index is 2.94. The lowest BCUT2D eigenvalue weighted by Gasteiger charge is -2.01. The van der Waals surface area contributed by atoms with E-state index in [4.69, 9.17) is 0 Å². The molecule has 0 aliphatic carbocycles. The van der Waals surface area contributed by atoms with Gasteiger partial charge in [0, 0.05) is 4.62 Å². The third-order valence-corrected chi connectivity index (χ3v) is 4.37. The van der Waals surface area contributed by atoms with Gasteiger partial charge in [-0.15, -0.1) is 11.3 Å². The fraction of sp³-hybridized carbons (Fsp3) is 0.333. The highest BCUT2D eigenvalue weighted by Gasteiger charge is 2.01. The van der Waals surface area contributed by atoms with Crippen molar-refractivity contribution in [3.8, 4) is 0 Å². The molecule has 0 aliphatic rings. The van der Waals surface area contributed by atoms with Crippen LogP contribution in [0.3, 0.4) is 0 Å². The van der Waals surface area contributed by atoms with Crippen LogP contribution in [0.15, 0.2) is 11.4 Å². The topological polar surface area (TPSA) is 0 Å². The van der Waals surface area contributed by atoms with Crippen molar-refractivity contribution in [2.75, 3.05) is 13.3 Å². The zero-order valence-electron chi connectivity index (χ0n) is 5.59. The Bertz CT molecular complexity index is 193. The first-order chi connectivity index (χ1) is 4.22. The molecule has 1 heterocycles. The lowest BCUT2D eigenvalue weighted by molar-refractivity contribution is 2.11. The number of hydrogen-bond acceptors (Lipinski definition) is 1. The van der Waals surface area contributed by atoms with Gasteiger partial charge in [0.15, 0.2) is 0 Å². The minimum absolute atomic E-state index is 0.110. The minimum atomic E-state index is 0.110. The van der Waals surface area contributed by atoms with Crippen molar-refractivity contribution >= 4 is 38.4 Å². The van der Waals surface area contributed by atoms with Crippen molar-refractivity contribution in [1.29, 1.82) is 0 Å². The summed E-state index contributed by atoms with van der Waals surface area (Å²) in [6.07, 6.45) is 0. The Morgan fingerprint density at radius 3 is 2.44 bits per heavy atom. The first-order valence-electron chi connectivity index (χ1n) is 2.72. The first kappa shape index (κ1) is 7.66. The van der Waals surface area contributed by atoms with Crippen LogP contribution in [0.2, 0.25) is 0 Å². The van der Waals surface area contributed by atoms with Crippen LogP contribution >= 0.6 is 28.5 Å². The highest BCUT2D eigenvalue weighted by atomic mass is 32.1. The van der Waals surface area contributed by atoms with E-state index in [-0.39, 0.29) is 7.92 Å². The molecule has 0 nitrogen and oxygen atoms in total. The van der Waals surface area contributed by atoms with Gasteiger partial charge in [0.2, 0.25) is 0 Å². The van der Waals surface area contributed by atoms with Gasteiger partial charge < -0.3 is 0 Å². The van der Waals surface area contributed by atoms with Crippen LogP contribution in [-0.2, 0) is 0 Å². The number of thiophene rings is 1. The van der Waals surface area contributed by atoms with Gasteiger partial charge in [-0.05, 0) is 30.1 Å². The molecule has 0 saturated heterocycles. The Kier molecular flexibility index (Phi) is 2.64. The van der Waals surface area contributed by atoms with E-state index in [9.17, 15) is 0 Å². The maximum absolute atomic E-state index is 2.78. The van der Waals surface area contributed by atoms with E-state index in [1.165, 1.54) is 9.92 Å². The zero-order valence-corrected chi connectivity index (χ0v) is 8.45. The van der Waals surface area contributed by atoms with Crippen molar-refractivity contribution in [3.05, 3.63) is 11.4 Å². The average molecular weight is 176 g/mol. The van der Waals surface area contributed by atoms with Gasteiger partial charge in [-0.3, -0.25) is 0 Å². The summed E-state index contributed by atoms with van der Waals surface area (Å²) < 4.78 is 1.41. The molecule has 0 aromatic carbocycles. The molecule has 1 aromatic heterocycles. The highest BCUT2D eigenvalue weighted by molar-refractivity contribution is 7.67. The van der Waals surface area contributed by atoms with Crippen molar-refractivity contribution in [3.63, 3.8) is 0 Å². The second-order valence-electron chi connectivity index (χ2n) is 2.06. The summed E-state index contributed by atoms with van der Waals surface area (Å²) in [7, 11) is 2.89. The van der Waals surface area contributed by atoms with Crippen LogP contribution in [0.25, 0.3) is 0 Å². The molecule has 0 amide bonds. The van der Waals surface area contributed by atoms with Crippen LogP contribution in [0.4, 0.5) is 0 Å². The van der Waals surface area contributed by atoms with Gasteiger partial charge in [0.05, 0.1) is 0 Å². The van der Waals surface area contributed by atoms with Gasteiger partial charge in [-0.25, -0.2) is 0 Å². The smallest absolute Gasteiger partial charge is 0.0292 e. The summed E-state index contributed by atoms with van der Waals surface area (Å²) in [5.74, 6) is 0. The Morgan fingerprint density at radius 1 is 1.56 bits per heavy atom. The van der Waals surface area contributed by atoms with Crippen molar-refractivity contribution in [1.82, 2.24) is 0 Å². The van der Waals surface area contributed by atoms with E-state index >= 15 is 0 Å². The third kappa shape index (κ3) is 1.74. The summed E-state index contributed by atoms with van der Waals surface area (Å²) in [6.45, 7) is 4.57. The molecule has 0 radical (unpaired) electrons. The normalized spacial score (nSPS) is 10.7. The lowest BCUT2D eigenvalue weighted by Crippen LogP contribution is -2.08. The molecular formula is C6H10P2S. The summed E-state index contributed by atoms with van der Waals surface area (Å²) in [6, 6.07) is 2.22. The van der Waals surface area contributed by atoms with Gasteiger partial charge in [-0.2, -0.15) is 0 Å². The first-order valence-corrected chi connectivity index (χ1v) is 6.41. The molecule has 50 valence electrons. The summed E-state index contributed by atoms with van der Waals surface area (Å²) in [4.78, 5) is 0. The molecule has 0 saturated carbocycles. The van der Waals surface area contributed by atoms with E-state index in [1.807, 2.05) is 11.3 Å². The molecule has 1 unspecified atom stereocenters. The predicted octanol–water partition coefficient (Wildman–Crippen LogP) is 1.62. The molecule has 0 aliphatic heterocycles. The second-order valence-corrected chi connectivity index (χ2v) is 6.28. The molecule has 1 rings (SSSR count). The molecule has 1 atom stereocenters. The van der Waals surface area contributed by atoms with Crippen LogP contribution in [0, 0.1) is 0 Å². The third-order valence-electron chi connectivity index (χ3n) is 1.16. The maximum atomic E-state index is 2.78. The largest absolute Gasteiger partial charge is 0.144 e. The van der Waals surface area contributed by atoms with Crippen LogP contribution in [-0.4, -0.2) is 13.3 Å². The van der Waals surface area contributed by atoms with E-state index < -0.39 is 0 Å². The Labute approximate surface area is 63.6 Å². The van der Waals surface area contributed by atoms with E-state index in [0.29, 0.717) is 0 Å². The average Bonchev–Trinajstić information content (AvgIpc) is 2.13.